The van der Waals surface area contributed by atoms with Crippen molar-refractivity contribution in [2.45, 2.75) is 0 Å². The van der Waals surface area contributed by atoms with Crippen molar-refractivity contribution in [3.05, 3.63) is 231 Å². The zero-order valence-corrected chi connectivity index (χ0v) is 33.7. The van der Waals surface area contributed by atoms with Gasteiger partial charge in [0.1, 0.15) is 0 Å². The second-order valence-corrected chi connectivity index (χ2v) is 15.8. The summed E-state index contributed by atoms with van der Waals surface area (Å²) in [6, 6.07) is 82.2. The van der Waals surface area contributed by atoms with Crippen molar-refractivity contribution in [1.82, 2.24) is 19.1 Å². The zero-order valence-electron chi connectivity index (χ0n) is 33.7. The highest BCUT2D eigenvalue weighted by Gasteiger charge is 2.19. The molecule has 9 aromatic carbocycles. The van der Waals surface area contributed by atoms with Crippen LogP contribution in [-0.2, 0) is 0 Å². The van der Waals surface area contributed by atoms with E-state index in [-0.39, 0.29) is 0 Å². The Kier molecular flexibility index (Phi) is 8.46. The van der Waals surface area contributed by atoms with Crippen LogP contribution in [0.1, 0.15) is 0 Å². The zero-order chi connectivity index (χ0) is 41.0. The first-order chi connectivity index (χ1) is 30.7. The quantitative estimate of drug-likeness (QED) is 0.161. The summed E-state index contributed by atoms with van der Waals surface area (Å²) in [5.74, 6) is 0.644. The Bertz CT molecular complexity index is 3530. The number of nitrogens with zero attached hydrogens (tertiary/aromatic N) is 4. The van der Waals surface area contributed by atoms with Crippen molar-refractivity contribution in [2.24, 2.45) is 0 Å². The van der Waals surface area contributed by atoms with E-state index in [2.05, 4.69) is 228 Å². The molecule has 4 heteroatoms. The molecule has 0 radical (unpaired) electrons. The van der Waals surface area contributed by atoms with Gasteiger partial charge in [-0.2, -0.15) is 0 Å². The Balaban J connectivity index is 0.967. The summed E-state index contributed by atoms with van der Waals surface area (Å²) in [7, 11) is 0. The highest BCUT2D eigenvalue weighted by molar-refractivity contribution is 6.12. The van der Waals surface area contributed by atoms with Crippen molar-refractivity contribution in [3.8, 4) is 67.5 Å². The minimum atomic E-state index is 0.644. The number of aromatic nitrogens is 4. The van der Waals surface area contributed by atoms with Crippen molar-refractivity contribution in [2.75, 3.05) is 0 Å². The number of hydrogen-bond acceptors (Lipinski definition) is 2. The molecule has 0 N–H and O–H groups in total. The van der Waals surface area contributed by atoms with Crippen LogP contribution in [0.2, 0.25) is 0 Å². The highest BCUT2D eigenvalue weighted by Crippen LogP contribution is 2.39. The third kappa shape index (κ3) is 6.08. The number of para-hydroxylation sites is 2. The van der Waals surface area contributed by atoms with E-state index in [1.54, 1.807) is 0 Å². The molecule has 0 aliphatic rings. The third-order valence-electron chi connectivity index (χ3n) is 12.2. The predicted molar refractivity (Wildman–Crippen MR) is 258 cm³/mol. The molecule has 0 bridgehead atoms. The van der Waals surface area contributed by atoms with Crippen LogP contribution in [0.4, 0.5) is 0 Å². The molecular weight excluding hydrogens is 753 g/mol. The van der Waals surface area contributed by atoms with Crippen LogP contribution in [0.5, 0.6) is 0 Å². The van der Waals surface area contributed by atoms with Gasteiger partial charge in [-0.05, 0) is 81.9 Å². The van der Waals surface area contributed by atoms with E-state index in [1.807, 2.05) is 12.1 Å². The van der Waals surface area contributed by atoms with Gasteiger partial charge in [-0.1, -0.05) is 182 Å². The van der Waals surface area contributed by atoms with Crippen molar-refractivity contribution in [1.29, 1.82) is 0 Å². The number of hydrogen-bond donors (Lipinski definition) is 0. The lowest BCUT2D eigenvalue weighted by atomic mass is 10.00. The Morgan fingerprint density at radius 1 is 0.242 bits per heavy atom. The van der Waals surface area contributed by atoms with E-state index in [9.17, 15) is 0 Å². The van der Waals surface area contributed by atoms with E-state index >= 15 is 0 Å². The molecule has 0 atom stereocenters. The van der Waals surface area contributed by atoms with Crippen LogP contribution in [0.3, 0.4) is 0 Å². The molecule has 3 heterocycles. The van der Waals surface area contributed by atoms with Crippen molar-refractivity contribution in [3.63, 3.8) is 0 Å². The molecule has 3 aromatic heterocycles. The van der Waals surface area contributed by atoms with Gasteiger partial charge in [0.15, 0.2) is 0 Å². The van der Waals surface area contributed by atoms with Crippen LogP contribution < -0.4 is 0 Å². The molecule has 12 rings (SSSR count). The van der Waals surface area contributed by atoms with Gasteiger partial charge < -0.3 is 4.57 Å². The maximum absolute atomic E-state index is 5.23. The normalized spacial score (nSPS) is 11.5. The summed E-state index contributed by atoms with van der Waals surface area (Å²) in [6.45, 7) is 0. The first kappa shape index (κ1) is 35.6. The maximum Gasteiger partial charge on any atom is 0.235 e. The molecule has 0 aliphatic carbocycles. The van der Waals surface area contributed by atoms with Gasteiger partial charge in [0.05, 0.1) is 33.5 Å². The van der Waals surface area contributed by atoms with Crippen LogP contribution in [-0.4, -0.2) is 19.1 Å². The lowest BCUT2D eigenvalue weighted by Gasteiger charge is -2.12. The second kappa shape index (κ2) is 14.7. The number of rotatable bonds is 7. The van der Waals surface area contributed by atoms with Gasteiger partial charge >= 0.3 is 0 Å². The Morgan fingerprint density at radius 3 is 1.24 bits per heavy atom. The number of benzene rings is 9. The van der Waals surface area contributed by atoms with Crippen molar-refractivity contribution >= 4 is 43.6 Å². The molecule has 12 aromatic rings. The summed E-state index contributed by atoms with van der Waals surface area (Å²) in [5, 5.41) is 4.78. The monoisotopic (exact) mass is 790 g/mol. The molecule has 62 heavy (non-hydrogen) atoms. The molecule has 290 valence electrons. The average Bonchev–Trinajstić information content (AvgIpc) is 3.87. The molecule has 0 spiro atoms. The SMILES string of the molecule is c1ccc(-c2ccc(-c3ccc(-n4c5ccccc5c5ccc(-c6ccc7c(c6)c6ccccc6n7-c6nc(-c7ccccc7)cc(-c7ccccc7)n6)cc54)cc3)cc2)cc1. The summed E-state index contributed by atoms with van der Waals surface area (Å²) >= 11 is 0. The maximum atomic E-state index is 5.23. The topological polar surface area (TPSA) is 35.6 Å². The fourth-order valence-electron chi connectivity index (χ4n) is 9.13. The van der Waals surface area contributed by atoms with E-state index in [4.69, 9.17) is 9.97 Å². The van der Waals surface area contributed by atoms with Crippen LogP contribution in [0, 0.1) is 0 Å². The smallest absolute Gasteiger partial charge is 0.235 e. The van der Waals surface area contributed by atoms with Crippen LogP contribution in [0.15, 0.2) is 231 Å². The highest BCUT2D eigenvalue weighted by atomic mass is 15.2. The van der Waals surface area contributed by atoms with E-state index in [0.717, 1.165) is 61.1 Å². The van der Waals surface area contributed by atoms with Gasteiger partial charge in [-0.3, -0.25) is 4.57 Å². The van der Waals surface area contributed by atoms with Crippen LogP contribution in [0.25, 0.3) is 111 Å². The number of fused-ring (bicyclic) bond motifs is 6. The summed E-state index contributed by atoms with van der Waals surface area (Å²) < 4.78 is 4.62. The van der Waals surface area contributed by atoms with E-state index in [0.29, 0.717) is 5.95 Å². The minimum Gasteiger partial charge on any atom is -0.309 e. The van der Waals surface area contributed by atoms with E-state index < -0.39 is 0 Å². The molecule has 0 saturated heterocycles. The van der Waals surface area contributed by atoms with Gasteiger partial charge in [0.2, 0.25) is 5.95 Å². The van der Waals surface area contributed by atoms with Gasteiger partial charge in [0.25, 0.3) is 0 Å². The predicted octanol–water partition coefficient (Wildman–Crippen LogP) is 15.0. The first-order valence-electron chi connectivity index (χ1n) is 21.1. The Hall–Kier alpha value is -8.34. The molecule has 0 saturated carbocycles. The molecule has 0 unspecified atom stereocenters. The summed E-state index contributed by atoms with van der Waals surface area (Å²) in [4.78, 5) is 10.5. The molecule has 4 nitrogen and oxygen atoms in total. The third-order valence-corrected chi connectivity index (χ3v) is 12.2. The lowest BCUT2D eigenvalue weighted by molar-refractivity contribution is 0.995. The molecule has 0 aliphatic heterocycles. The fraction of sp³-hybridized carbons (Fsp3) is 0. The fourth-order valence-corrected chi connectivity index (χ4v) is 9.13. The standard InChI is InChI=1S/C58H38N4/c1-4-14-39(15-5-1)40-24-26-41(27-25-40)42-28-32-47(33-29-42)61-54-22-12-10-20-48(54)50-34-30-46(37-57(50)61)45-31-35-56-51(36-45)49-21-11-13-23-55(49)62(56)58-59-52(43-16-6-2-7-17-43)38-53(60-58)44-18-8-3-9-19-44/h1-38H. The average molecular weight is 791 g/mol. The Morgan fingerprint density at radius 2 is 0.645 bits per heavy atom. The second-order valence-electron chi connectivity index (χ2n) is 15.8. The molecular formula is C58H38N4. The summed E-state index contributed by atoms with van der Waals surface area (Å²) in [5.41, 5.74) is 16.6. The van der Waals surface area contributed by atoms with E-state index in [1.165, 1.54) is 44.1 Å². The minimum absolute atomic E-state index is 0.644. The van der Waals surface area contributed by atoms with Gasteiger partial charge in [-0.25, -0.2) is 9.97 Å². The van der Waals surface area contributed by atoms with Gasteiger partial charge in [-0.15, -0.1) is 0 Å². The van der Waals surface area contributed by atoms with Gasteiger partial charge in [0, 0.05) is 38.4 Å². The summed E-state index contributed by atoms with van der Waals surface area (Å²) in [6.07, 6.45) is 0. The lowest BCUT2D eigenvalue weighted by Crippen LogP contribution is -2.03. The van der Waals surface area contributed by atoms with Crippen molar-refractivity contribution < 1.29 is 0 Å². The molecule has 0 amide bonds. The van der Waals surface area contributed by atoms with Crippen LogP contribution >= 0.6 is 0 Å². The first-order valence-corrected chi connectivity index (χ1v) is 21.1. The Labute approximate surface area is 359 Å². The molecule has 0 fully saturated rings. The largest absolute Gasteiger partial charge is 0.309 e.